The first-order valence-electron chi connectivity index (χ1n) is 10.4. The molecular formula is C26H20N4O3. The number of hydrogen-bond acceptors (Lipinski definition) is 4. The lowest BCUT2D eigenvalue weighted by Gasteiger charge is -2.09. The number of anilines is 1. The van der Waals surface area contributed by atoms with Crippen molar-refractivity contribution in [1.29, 1.82) is 0 Å². The summed E-state index contributed by atoms with van der Waals surface area (Å²) in [5.41, 5.74) is 2.36. The number of nitrogens with one attached hydrogen (secondary N) is 1. The van der Waals surface area contributed by atoms with Gasteiger partial charge in [-0.15, -0.1) is 0 Å². The van der Waals surface area contributed by atoms with E-state index in [9.17, 15) is 9.59 Å². The van der Waals surface area contributed by atoms with Crippen LogP contribution in [-0.4, -0.2) is 20.1 Å². The predicted octanol–water partition coefficient (Wildman–Crippen LogP) is 4.59. The van der Waals surface area contributed by atoms with Gasteiger partial charge in [0, 0.05) is 23.6 Å². The molecule has 5 rings (SSSR count). The summed E-state index contributed by atoms with van der Waals surface area (Å²) in [6.45, 7) is -0.108. The normalized spacial score (nSPS) is 10.8. The van der Waals surface area contributed by atoms with Gasteiger partial charge in [0.1, 0.15) is 23.6 Å². The van der Waals surface area contributed by atoms with Gasteiger partial charge in [-0.3, -0.25) is 9.59 Å². The lowest BCUT2D eigenvalue weighted by atomic mass is 10.1. The minimum atomic E-state index is -0.305. The Morgan fingerprint density at radius 1 is 0.848 bits per heavy atom. The Morgan fingerprint density at radius 2 is 1.52 bits per heavy atom. The maximum absolute atomic E-state index is 12.9. The van der Waals surface area contributed by atoms with Crippen LogP contribution in [0.2, 0.25) is 0 Å². The molecule has 5 aromatic rings. The lowest BCUT2D eigenvalue weighted by molar-refractivity contribution is -0.116. The van der Waals surface area contributed by atoms with Crippen molar-refractivity contribution < 1.29 is 9.53 Å². The third kappa shape index (κ3) is 4.52. The van der Waals surface area contributed by atoms with Crippen LogP contribution in [0.25, 0.3) is 16.8 Å². The van der Waals surface area contributed by atoms with E-state index in [1.165, 1.54) is 9.08 Å². The molecule has 2 heterocycles. The van der Waals surface area contributed by atoms with Crippen LogP contribution in [0.4, 0.5) is 5.69 Å². The Hall–Kier alpha value is -4.65. The molecule has 0 unspecified atom stereocenters. The second kappa shape index (κ2) is 8.84. The third-order valence-corrected chi connectivity index (χ3v) is 5.10. The van der Waals surface area contributed by atoms with Gasteiger partial charge in [-0.05, 0) is 42.5 Å². The van der Waals surface area contributed by atoms with Gasteiger partial charge in [-0.25, -0.2) is 4.52 Å². The van der Waals surface area contributed by atoms with Crippen LogP contribution in [0.5, 0.6) is 11.5 Å². The smallest absolute Gasteiger partial charge is 0.277 e. The number of carbonyl (C=O) groups excluding carboxylic acids is 1. The summed E-state index contributed by atoms with van der Waals surface area (Å²) >= 11 is 0. The molecule has 7 nitrogen and oxygen atoms in total. The first kappa shape index (κ1) is 20.3. The number of benzene rings is 3. The molecule has 1 N–H and O–H groups in total. The van der Waals surface area contributed by atoms with E-state index in [2.05, 4.69) is 10.4 Å². The van der Waals surface area contributed by atoms with Crippen molar-refractivity contribution in [1.82, 2.24) is 14.2 Å². The van der Waals surface area contributed by atoms with E-state index >= 15 is 0 Å². The summed E-state index contributed by atoms with van der Waals surface area (Å²) in [5, 5.41) is 7.27. The van der Waals surface area contributed by atoms with Crippen LogP contribution in [0.1, 0.15) is 0 Å². The second-order valence-corrected chi connectivity index (χ2v) is 7.44. The van der Waals surface area contributed by atoms with Crippen molar-refractivity contribution in [3.8, 4) is 22.8 Å². The van der Waals surface area contributed by atoms with Crippen LogP contribution in [0.15, 0.2) is 108 Å². The molecule has 7 heteroatoms. The van der Waals surface area contributed by atoms with Crippen molar-refractivity contribution in [2.75, 3.05) is 5.32 Å². The van der Waals surface area contributed by atoms with Crippen molar-refractivity contribution in [2.24, 2.45) is 0 Å². The lowest BCUT2D eigenvalue weighted by Crippen LogP contribution is -2.28. The topological polar surface area (TPSA) is 77.6 Å². The Morgan fingerprint density at radius 3 is 2.24 bits per heavy atom. The minimum absolute atomic E-state index is 0.108. The van der Waals surface area contributed by atoms with E-state index in [1.807, 2.05) is 60.7 Å². The monoisotopic (exact) mass is 436 g/mol. The summed E-state index contributed by atoms with van der Waals surface area (Å²) in [7, 11) is 0. The molecule has 0 aliphatic rings. The first-order chi connectivity index (χ1) is 16.2. The van der Waals surface area contributed by atoms with Gasteiger partial charge in [0.05, 0.1) is 5.69 Å². The average Bonchev–Trinajstić information content (AvgIpc) is 3.29. The SMILES string of the molecule is O=C(Cn1ccn2nc(-c3ccccc3)cc2c1=O)Nc1ccc(Oc2ccccc2)cc1. The molecule has 0 saturated carbocycles. The Labute approximate surface area is 189 Å². The zero-order valence-electron chi connectivity index (χ0n) is 17.6. The Balaban J connectivity index is 1.28. The van der Waals surface area contributed by atoms with E-state index in [4.69, 9.17) is 4.74 Å². The highest BCUT2D eigenvalue weighted by Crippen LogP contribution is 2.22. The fraction of sp³-hybridized carbons (Fsp3) is 0.0385. The molecule has 0 aliphatic heterocycles. The number of aromatic nitrogens is 3. The van der Waals surface area contributed by atoms with E-state index in [-0.39, 0.29) is 18.0 Å². The van der Waals surface area contributed by atoms with Gasteiger partial charge in [0.25, 0.3) is 5.56 Å². The van der Waals surface area contributed by atoms with Crippen LogP contribution >= 0.6 is 0 Å². The zero-order valence-corrected chi connectivity index (χ0v) is 17.6. The van der Waals surface area contributed by atoms with Gasteiger partial charge in [0.2, 0.25) is 5.91 Å². The van der Waals surface area contributed by atoms with Gasteiger partial charge >= 0.3 is 0 Å². The highest BCUT2D eigenvalue weighted by molar-refractivity contribution is 5.90. The van der Waals surface area contributed by atoms with Crippen LogP contribution in [0, 0.1) is 0 Å². The summed E-state index contributed by atoms with van der Waals surface area (Å²) in [6.07, 6.45) is 3.24. The van der Waals surface area contributed by atoms with Gasteiger partial charge in [-0.1, -0.05) is 48.5 Å². The van der Waals surface area contributed by atoms with Crippen molar-refractivity contribution in [3.05, 3.63) is 114 Å². The highest BCUT2D eigenvalue weighted by Gasteiger charge is 2.11. The molecule has 0 bridgehead atoms. The molecular weight excluding hydrogens is 416 g/mol. The van der Waals surface area contributed by atoms with Crippen LogP contribution in [-0.2, 0) is 11.3 Å². The standard InChI is InChI=1S/C26H20N4O3/c31-25(27-20-11-13-22(14-12-20)33-21-9-5-2-6-10-21)18-29-15-16-30-24(26(29)32)17-23(28-30)19-7-3-1-4-8-19/h1-17H,18H2,(H,27,31). The van der Waals surface area contributed by atoms with Crippen LogP contribution in [0.3, 0.4) is 0 Å². The number of carbonyl (C=O) groups is 1. The van der Waals surface area contributed by atoms with Crippen molar-refractivity contribution in [2.45, 2.75) is 6.54 Å². The maximum Gasteiger partial charge on any atom is 0.277 e. The summed E-state index contributed by atoms with van der Waals surface area (Å²) in [5.74, 6) is 1.09. The molecule has 1 amide bonds. The summed E-state index contributed by atoms with van der Waals surface area (Å²) in [4.78, 5) is 25.4. The molecule has 0 fully saturated rings. The number of amides is 1. The summed E-state index contributed by atoms with van der Waals surface area (Å²) in [6, 6.07) is 27.9. The fourth-order valence-electron chi connectivity index (χ4n) is 3.49. The predicted molar refractivity (Wildman–Crippen MR) is 126 cm³/mol. The van der Waals surface area contributed by atoms with E-state index in [0.29, 0.717) is 22.6 Å². The molecule has 3 aromatic carbocycles. The molecule has 0 aliphatic carbocycles. The maximum atomic E-state index is 12.9. The van der Waals surface area contributed by atoms with E-state index in [1.54, 1.807) is 42.7 Å². The first-order valence-corrected chi connectivity index (χ1v) is 10.4. The van der Waals surface area contributed by atoms with Crippen molar-refractivity contribution >= 4 is 17.1 Å². The molecule has 0 spiro atoms. The van der Waals surface area contributed by atoms with Gasteiger partial charge < -0.3 is 14.6 Å². The highest BCUT2D eigenvalue weighted by atomic mass is 16.5. The number of ether oxygens (including phenoxy) is 1. The Bertz CT molecular complexity index is 1460. The molecule has 0 radical (unpaired) electrons. The van der Waals surface area contributed by atoms with Gasteiger partial charge in [0.15, 0.2) is 0 Å². The molecule has 162 valence electrons. The van der Waals surface area contributed by atoms with E-state index < -0.39 is 0 Å². The third-order valence-electron chi connectivity index (χ3n) is 5.10. The largest absolute Gasteiger partial charge is 0.457 e. The number of rotatable bonds is 6. The second-order valence-electron chi connectivity index (χ2n) is 7.44. The van der Waals surface area contributed by atoms with Crippen LogP contribution < -0.4 is 15.6 Å². The quantitative estimate of drug-likeness (QED) is 0.422. The number of nitrogens with zero attached hydrogens (tertiary/aromatic N) is 3. The molecule has 2 aromatic heterocycles. The average molecular weight is 436 g/mol. The zero-order chi connectivity index (χ0) is 22.6. The molecule has 33 heavy (non-hydrogen) atoms. The number of para-hydroxylation sites is 1. The minimum Gasteiger partial charge on any atom is -0.457 e. The van der Waals surface area contributed by atoms with Crippen molar-refractivity contribution in [3.63, 3.8) is 0 Å². The fourth-order valence-corrected chi connectivity index (χ4v) is 3.49. The van der Waals surface area contributed by atoms with E-state index in [0.717, 1.165) is 11.3 Å². The number of hydrogen-bond donors (Lipinski definition) is 1. The molecule has 0 saturated heterocycles. The molecule has 0 atom stereocenters. The van der Waals surface area contributed by atoms with Gasteiger partial charge in [-0.2, -0.15) is 5.10 Å². The Kier molecular flexibility index (Phi) is 5.43. The summed E-state index contributed by atoms with van der Waals surface area (Å²) < 4.78 is 8.66. The number of fused-ring (bicyclic) bond motifs is 1.